The molecule has 0 aromatic heterocycles. The van der Waals surface area contributed by atoms with E-state index in [-0.39, 0.29) is 19.4 Å². The van der Waals surface area contributed by atoms with E-state index in [4.69, 9.17) is 17.3 Å². The van der Waals surface area contributed by atoms with Crippen LogP contribution in [-0.4, -0.2) is 35.6 Å². The van der Waals surface area contributed by atoms with E-state index in [0.29, 0.717) is 0 Å². The second-order valence-corrected chi connectivity index (χ2v) is 2.92. The molecule has 0 aliphatic carbocycles. The summed E-state index contributed by atoms with van der Waals surface area (Å²) in [6.07, 6.45) is 4.81. The number of nitrogens with one attached hydrogen (secondary N) is 2. The van der Waals surface area contributed by atoms with Gasteiger partial charge in [-0.25, -0.2) is 9.59 Å². The summed E-state index contributed by atoms with van der Waals surface area (Å²) < 4.78 is 0. The highest BCUT2D eigenvalue weighted by molar-refractivity contribution is 5.83. The molecule has 5 N–H and O–H groups in total. The molecule has 1 unspecified atom stereocenters. The van der Waals surface area contributed by atoms with Crippen LogP contribution in [0.2, 0.25) is 0 Å². The number of primary amides is 1. The highest BCUT2D eigenvalue weighted by atomic mass is 16.4. The molecular weight excluding hydrogens is 214 g/mol. The lowest BCUT2D eigenvalue weighted by Gasteiger charge is -2.12. The summed E-state index contributed by atoms with van der Waals surface area (Å²) in [6, 6.07) is -1.84. The van der Waals surface area contributed by atoms with Gasteiger partial charge in [-0.2, -0.15) is 0 Å². The smallest absolute Gasteiger partial charge is 0.327 e. The lowest BCUT2D eigenvalue weighted by molar-refractivity contribution is -0.139. The average molecular weight is 227 g/mol. The fourth-order valence-electron chi connectivity index (χ4n) is 0.826. The molecule has 3 amide bonds. The van der Waals surface area contributed by atoms with Gasteiger partial charge in [0.25, 0.3) is 0 Å². The Morgan fingerprint density at radius 3 is 2.50 bits per heavy atom. The van der Waals surface area contributed by atoms with Crippen LogP contribution in [0.1, 0.15) is 12.8 Å². The van der Waals surface area contributed by atoms with Crippen LogP contribution in [-0.2, 0) is 9.59 Å². The number of aliphatic carboxylic acids is 1. The number of hydrogen-bond donors (Lipinski definition) is 4. The minimum Gasteiger partial charge on any atom is -0.480 e. The number of carboxylic acid groups (broad SMARTS) is 1. The van der Waals surface area contributed by atoms with E-state index >= 15 is 0 Å². The van der Waals surface area contributed by atoms with E-state index in [0.717, 1.165) is 0 Å². The van der Waals surface area contributed by atoms with E-state index in [1.54, 1.807) is 0 Å². The predicted octanol–water partition coefficient (Wildman–Crippen LogP) is -1.36. The number of nitrogens with two attached hydrogens (primary N) is 1. The van der Waals surface area contributed by atoms with Gasteiger partial charge in [-0.15, -0.1) is 12.3 Å². The molecule has 7 nitrogen and oxygen atoms in total. The van der Waals surface area contributed by atoms with Gasteiger partial charge in [-0.3, -0.25) is 4.79 Å². The first-order valence-electron chi connectivity index (χ1n) is 4.46. The topological polar surface area (TPSA) is 122 Å². The van der Waals surface area contributed by atoms with Crippen LogP contribution in [0.15, 0.2) is 0 Å². The molecule has 0 aromatic rings. The maximum absolute atomic E-state index is 11.1. The Hall–Kier alpha value is -2.23. The summed E-state index contributed by atoms with van der Waals surface area (Å²) in [5, 5.41) is 13.1. The Morgan fingerprint density at radius 1 is 1.44 bits per heavy atom. The molecule has 0 saturated heterocycles. The van der Waals surface area contributed by atoms with Gasteiger partial charge in [0.2, 0.25) is 5.91 Å². The van der Waals surface area contributed by atoms with Crippen LogP contribution in [0, 0.1) is 12.3 Å². The van der Waals surface area contributed by atoms with Crippen molar-refractivity contribution in [3.63, 3.8) is 0 Å². The maximum Gasteiger partial charge on any atom is 0.327 e. The van der Waals surface area contributed by atoms with Crippen molar-refractivity contribution in [3.05, 3.63) is 0 Å². The molecular formula is C9H13N3O4. The molecule has 0 bridgehead atoms. The fraction of sp³-hybridized carbons (Fsp3) is 0.444. The number of terminal acetylenes is 1. The van der Waals surface area contributed by atoms with E-state index in [9.17, 15) is 14.4 Å². The van der Waals surface area contributed by atoms with Gasteiger partial charge in [0.1, 0.15) is 6.04 Å². The summed E-state index contributed by atoms with van der Waals surface area (Å²) in [5.41, 5.74) is 4.84. The third kappa shape index (κ3) is 6.26. The van der Waals surface area contributed by atoms with E-state index in [1.807, 2.05) is 0 Å². The summed E-state index contributed by atoms with van der Waals surface area (Å²) in [6.45, 7) is 0.0452. The van der Waals surface area contributed by atoms with Gasteiger partial charge in [-0.05, 0) is 0 Å². The molecule has 0 spiro atoms. The minimum atomic E-state index is -1.22. The van der Waals surface area contributed by atoms with Gasteiger partial charge >= 0.3 is 12.0 Å². The summed E-state index contributed by atoms with van der Waals surface area (Å²) in [4.78, 5) is 32.0. The van der Waals surface area contributed by atoms with Gasteiger partial charge in [0, 0.05) is 19.4 Å². The molecule has 16 heavy (non-hydrogen) atoms. The standard InChI is InChI=1S/C9H13N3O4/c1-2-3-6(8(14)15)12-9(16)11-5-4-7(10)13/h1,6H,3-5H2,(H2,10,13)(H,14,15)(H2,11,12,16). The molecule has 1 atom stereocenters. The molecule has 7 heteroatoms. The Labute approximate surface area is 92.4 Å². The number of amides is 3. The van der Waals surface area contributed by atoms with Crippen LogP contribution < -0.4 is 16.4 Å². The van der Waals surface area contributed by atoms with Crippen molar-refractivity contribution >= 4 is 17.9 Å². The molecule has 0 aliphatic rings. The first-order chi connectivity index (χ1) is 7.47. The maximum atomic E-state index is 11.1. The third-order valence-corrected chi connectivity index (χ3v) is 1.58. The van der Waals surface area contributed by atoms with Crippen molar-refractivity contribution in [2.45, 2.75) is 18.9 Å². The molecule has 0 aromatic carbocycles. The predicted molar refractivity (Wildman–Crippen MR) is 55.2 cm³/mol. The molecule has 0 heterocycles. The molecule has 0 fully saturated rings. The Bertz CT molecular complexity index is 321. The number of carbonyl (C=O) groups excluding carboxylic acids is 2. The van der Waals surface area contributed by atoms with Crippen molar-refractivity contribution in [1.29, 1.82) is 0 Å². The lowest BCUT2D eigenvalue weighted by Crippen LogP contribution is -2.46. The van der Waals surface area contributed by atoms with Gasteiger partial charge < -0.3 is 21.5 Å². The molecule has 0 rings (SSSR count). The number of carbonyl (C=O) groups is 3. The first kappa shape index (κ1) is 13.8. The SMILES string of the molecule is C#CCC(NC(=O)NCCC(N)=O)C(=O)O. The van der Waals surface area contributed by atoms with Crippen molar-refractivity contribution in [1.82, 2.24) is 10.6 Å². The highest BCUT2D eigenvalue weighted by Gasteiger charge is 2.18. The molecule has 0 saturated carbocycles. The normalized spacial score (nSPS) is 10.9. The second-order valence-electron chi connectivity index (χ2n) is 2.92. The van der Waals surface area contributed by atoms with Crippen LogP contribution in [0.3, 0.4) is 0 Å². The van der Waals surface area contributed by atoms with Crippen molar-refractivity contribution < 1.29 is 19.5 Å². The first-order valence-corrected chi connectivity index (χ1v) is 4.46. The van der Waals surface area contributed by atoms with Crippen molar-refractivity contribution in [2.24, 2.45) is 5.73 Å². The second kappa shape index (κ2) is 7.11. The molecule has 0 aliphatic heterocycles. The monoisotopic (exact) mass is 227 g/mol. The van der Waals surface area contributed by atoms with Crippen LogP contribution in [0.25, 0.3) is 0 Å². The zero-order valence-corrected chi connectivity index (χ0v) is 8.53. The van der Waals surface area contributed by atoms with Crippen LogP contribution in [0.4, 0.5) is 4.79 Å². The number of hydrogen-bond acceptors (Lipinski definition) is 3. The summed E-state index contributed by atoms with van der Waals surface area (Å²) in [5.74, 6) is 0.355. The number of rotatable bonds is 6. The lowest BCUT2D eigenvalue weighted by atomic mass is 10.2. The summed E-state index contributed by atoms with van der Waals surface area (Å²) in [7, 11) is 0. The molecule has 0 radical (unpaired) electrons. The largest absolute Gasteiger partial charge is 0.480 e. The average Bonchev–Trinajstić information content (AvgIpc) is 2.16. The van der Waals surface area contributed by atoms with E-state index in [1.165, 1.54) is 0 Å². The number of carboxylic acids is 1. The van der Waals surface area contributed by atoms with Gasteiger partial charge in [0.15, 0.2) is 0 Å². The third-order valence-electron chi connectivity index (χ3n) is 1.58. The van der Waals surface area contributed by atoms with Crippen molar-refractivity contribution in [2.75, 3.05) is 6.54 Å². The van der Waals surface area contributed by atoms with Crippen molar-refractivity contribution in [3.8, 4) is 12.3 Å². The molecule has 88 valence electrons. The Kier molecular flexibility index (Phi) is 6.12. The number of urea groups is 1. The van der Waals surface area contributed by atoms with E-state index < -0.39 is 23.9 Å². The zero-order valence-electron chi connectivity index (χ0n) is 8.53. The minimum absolute atomic E-state index is 0.0136. The summed E-state index contributed by atoms with van der Waals surface area (Å²) >= 11 is 0. The van der Waals surface area contributed by atoms with Gasteiger partial charge in [0.05, 0.1) is 0 Å². The Morgan fingerprint density at radius 2 is 2.06 bits per heavy atom. The highest BCUT2D eigenvalue weighted by Crippen LogP contribution is 1.90. The zero-order chi connectivity index (χ0) is 12.6. The van der Waals surface area contributed by atoms with Crippen LogP contribution >= 0.6 is 0 Å². The fourth-order valence-corrected chi connectivity index (χ4v) is 0.826. The van der Waals surface area contributed by atoms with Gasteiger partial charge in [-0.1, -0.05) is 0 Å². The Balaban J connectivity index is 3.96. The van der Waals surface area contributed by atoms with E-state index in [2.05, 4.69) is 16.6 Å². The van der Waals surface area contributed by atoms with Crippen LogP contribution in [0.5, 0.6) is 0 Å². The quantitative estimate of drug-likeness (QED) is 0.418.